The molecule has 46 heavy (non-hydrogen) atoms. The van der Waals surface area contributed by atoms with Crippen LogP contribution in [0, 0.1) is 13.5 Å². The summed E-state index contributed by atoms with van der Waals surface area (Å²) >= 11 is 0. The minimum atomic E-state index is -0.426. The molecule has 0 fully saturated rings. The second-order valence-corrected chi connectivity index (χ2v) is 13.0. The lowest BCUT2D eigenvalue weighted by Gasteiger charge is -2.32. The quantitative estimate of drug-likeness (QED) is 0.185. The summed E-state index contributed by atoms with van der Waals surface area (Å²) in [7, 11) is 0. The number of anilines is 4. The van der Waals surface area contributed by atoms with Gasteiger partial charge < -0.3 is 14.5 Å². The number of hydrogen-bond donors (Lipinski definition) is 0. The third-order valence-corrected chi connectivity index (χ3v) is 8.84. The Morgan fingerprint density at radius 1 is 0.848 bits per heavy atom. The molecule has 0 bridgehead atoms. The van der Waals surface area contributed by atoms with Gasteiger partial charge in [-0.1, -0.05) is 57.0 Å². The van der Waals surface area contributed by atoms with E-state index in [-0.39, 0.29) is 35.1 Å². The molecule has 0 N–H and O–H groups in total. The van der Waals surface area contributed by atoms with Crippen molar-refractivity contribution in [2.45, 2.75) is 58.8 Å². The molecule has 6 nitrogen and oxygen atoms in total. The molecule has 0 atom stereocenters. The minimum Gasteiger partial charge on any atom is -0.459 e. The van der Waals surface area contributed by atoms with Crippen LogP contribution in [0.15, 0.2) is 91.1 Å². The number of aryl methyl sites for hydroxylation is 2. The van der Waals surface area contributed by atoms with Crippen molar-refractivity contribution >= 4 is 28.7 Å². The van der Waals surface area contributed by atoms with Crippen molar-refractivity contribution in [3.05, 3.63) is 125 Å². The van der Waals surface area contributed by atoms with Crippen LogP contribution in [-0.2, 0) is 18.3 Å². The summed E-state index contributed by atoms with van der Waals surface area (Å²) in [6.45, 7) is 18.0. The number of benzene rings is 3. The summed E-state index contributed by atoms with van der Waals surface area (Å²) < 4.78 is 47.7. The molecule has 2 aliphatic heterocycles. The first-order valence-corrected chi connectivity index (χ1v) is 15.8. The molecule has 4 heterocycles. The molecule has 230 valence electrons. The van der Waals surface area contributed by atoms with Gasteiger partial charge in [0.25, 0.3) is 0 Å². The Bertz CT molecular complexity index is 2210. The predicted octanol–water partition coefficient (Wildman–Crippen LogP) is 10.3. The van der Waals surface area contributed by atoms with Gasteiger partial charge in [-0.3, -0.25) is 0 Å². The van der Waals surface area contributed by atoms with E-state index in [1.807, 2.05) is 31.3 Å². The first kappa shape index (κ1) is 24.1. The van der Waals surface area contributed by atoms with Gasteiger partial charge in [-0.2, -0.15) is 0 Å². The summed E-state index contributed by atoms with van der Waals surface area (Å²) in [5.41, 5.74) is 7.18. The lowest BCUT2D eigenvalue weighted by atomic mass is 9.87. The highest BCUT2D eigenvalue weighted by Crippen LogP contribution is 2.44. The smallest absolute Gasteiger partial charge is 0.196 e. The van der Waals surface area contributed by atoms with Gasteiger partial charge in [-0.15, -0.1) is 0 Å². The van der Waals surface area contributed by atoms with Crippen molar-refractivity contribution in [1.29, 1.82) is 0 Å². The van der Waals surface area contributed by atoms with E-state index in [2.05, 4.69) is 59.7 Å². The van der Waals surface area contributed by atoms with Crippen LogP contribution in [0.4, 0.5) is 28.7 Å². The Hall–Kier alpha value is -5.15. The van der Waals surface area contributed by atoms with Gasteiger partial charge in [0.05, 0.1) is 13.4 Å². The molecule has 2 aromatic heterocycles. The molecule has 0 amide bonds. The third-order valence-electron chi connectivity index (χ3n) is 8.84. The number of ether oxygens (including phenoxy) is 1. The zero-order valence-electron chi connectivity index (χ0n) is 31.7. The third kappa shape index (κ3) is 5.70. The summed E-state index contributed by atoms with van der Waals surface area (Å²) in [6.07, 6.45) is 7.04. The number of fused-ring (bicyclic) bond motifs is 2. The Morgan fingerprint density at radius 2 is 1.59 bits per heavy atom. The molecule has 0 saturated carbocycles. The highest BCUT2D eigenvalue weighted by atomic mass is 16.5. The Kier molecular flexibility index (Phi) is 6.29. The molecule has 5 aromatic rings. The van der Waals surface area contributed by atoms with Gasteiger partial charge in [0, 0.05) is 54.6 Å². The van der Waals surface area contributed by atoms with Crippen molar-refractivity contribution in [2.75, 3.05) is 22.9 Å². The molecule has 0 saturated heterocycles. The first-order valence-electron chi connectivity index (χ1n) is 18.3. The van der Waals surface area contributed by atoms with Gasteiger partial charge in [0.1, 0.15) is 23.1 Å². The van der Waals surface area contributed by atoms with E-state index in [9.17, 15) is 0 Å². The van der Waals surface area contributed by atoms with Crippen LogP contribution in [0.3, 0.4) is 0 Å². The van der Waals surface area contributed by atoms with E-state index >= 15 is 0 Å². The first-order chi connectivity index (χ1) is 24.3. The van der Waals surface area contributed by atoms with Gasteiger partial charge >= 0.3 is 0 Å². The van der Waals surface area contributed by atoms with Gasteiger partial charge in [-0.05, 0) is 96.2 Å². The van der Waals surface area contributed by atoms with Crippen LogP contribution < -0.4 is 14.5 Å². The molecule has 6 heteroatoms. The topological polar surface area (TPSA) is 45.9 Å². The summed E-state index contributed by atoms with van der Waals surface area (Å²) in [6, 6.07) is 14.4. The van der Waals surface area contributed by atoms with Crippen molar-refractivity contribution in [3.63, 3.8) is 0 Å². The molecule has 0 spiro atoms. The van der Waals surface area contributed by atoms with E-state index in [1.54, 1.807) is 12.3 Å². The van der Waals surface area contributed by atoms with Crippen molar-refractivity contribution < 1.29 is 11.6 Å². The van der Waals surface area contributed by atoms with Crippen molar-refractivity contribution in [1.82, 2.24) is 9.97 Å². The number of rotatable bonds is 5. The molecule has 0 radical (unpaired) electrons. The SMILES string of the molecule is [2H]c1c([2H])c([2H])c(-c2cnc(N3CCCc4c([N+]#[C-])cc(Oc5ccc6c(c5)N(c5cc(C(C)(C)C)ccn5)CCC6)cc43)cc2C)c([2H])c1[2H]. The van der Waals surface area contributed by atoms with E-state index in [1.165, 1.54) is 11.1 Å². The van der Waals surface area contributed by atoms with Crippen molar-refractivity contribution in [3.8, 4) is 22.6 Å². The van der Waals surface area contributed by atoms with E-state index in [4.69, 9.17) is 28.1 Å². The summed E-state index contributed by atoms with van der Waals surface area (Å²) in [5, 5.41) is 0. The molecule has 7 rings (SSSR count). The zero-order valence-corrected chi connectivity index (χ0v) is 26.7. The number of pyridine rings is 2. The lowest BCUT2D eigenvalue weighted by Crippen LogP contribution is -2.26. The van der Waals surface area contributed by atoms with Crippen LogP contribution in [0.25, 0.3) is 16.0 Å². The maximum absolute atomic E-state index is 8.45. The molecule has 0 aliphatic carbocycles. The molecule has 3 aromatic carbocycles. The normalized spacial score (nSPS) is 15.8. The molecule has 2 aliphatic rings. The van der Waals surface area contributed by atoms with Crippen LogP contribution in [0.1, 0.15) is 62.7 Å². The van der Waals surface area contributed by atoms with Crippen LogP contribution in [-0.4, -0.2) is 23.1 Å². The average Bonchev–Trinajstić information content (AvgIpc) is 3.12. The zero-order chi connectivity index (χ0) is 36.2. The molecular formula is C40H39N5O. The average molecular weight is 611 g/mol. The molecule has 0 unspecified atom stereocenters. The fraction of sp³-hybridized carbons (Fsp3) is 0.275. The molecular weight excluding hydrogens is 566 g/mol. The van der Waals surface area contributed by atoms with Crippen molar-refractivity contribution in [2.24, 2.45) is 0 Å². The van der Waals surface area contributed by atoms with E-state index in [0.717, 1.165) is 60.5 Å². The van der Waals surface area contributed by atoms with Gasteiger partial charge in [0.2, 0.25) is 0 Å². The fourth-order valence-electron chi connectivity index (χ4n) is 6.40. The second kappa shape index (κ2) is 12.0. The number of nitrogens with zero attached hydrogens (tertiary/aromatic N) is 5. The van der Waals surface area contributed by atoms with Crippen LogP contribution in [0.5, 0.6) is 11.5 Å². The Labute approximate surface area is 279 Å². The van der Waals surface area contributed by atoms with E-state index < -0.39 is 6.04 Å². The number of aromatic nitrogens is 2. The largest absolute Gasteiger partial charge is 0.459 e. The maximum Gasteiger partial charge on any atom is 0.196 e. The number of hydrogen-bond acceptors (Lipinski definition) is 5. The van der Waals surface area contributed by atoms with Crippen LogP contribution >= 0.6 is 0 Å². The van der Waals surface area contributed by atoms with Crippen LogP contribution in [0.2, 0.25) is 0 Å². The lowest BCUT2D eigenvalue weighted by molar-refractivity contribution is 0.482. The maximum atomic E-state index is 8.45. The second-order valence-electron chi connectivity index (χ2n) is 13.0. The summed E-state index contributed by atoms with van der Waals surface area (Å²) in [4.78, 5) is 17.7. The van der Waals surface area contributed by atoms with Gasteiger partial charge in [0.15, 0.2) is 5.69 Å². The monoisotopic (exact) mass is 610 g/mol. The Morgan fingerprint density at radius 3 is 2.35 bits per heavy atom. The predicted molar refractivity (Wildman–Crippen MR) is 187 cm³/mol. The van der Waals surface area contributed by atoms with E-state index in [0.29, 0.717) is 35.1 Å². The highest BCUT2D eigenvalue weighted by Gasteiger charge is 2.25. The standard InChI is InChI=1S/C40H39N5O/c1-27-21-38(43-26-34(27)28-11-7-6-8-12-28)45-20-10-14-33-35(41-5)23-32(25-37(33)45)46-31-16-15-29-13-9-19-44(36(29)24-31)39-22-30(17-18-42-39)40(2,3)4/h6-8,11-12,15-18,21-26H,9-10,13-14,19-20H2,1-4H3/i6D,7D,8D,11D,12D. The fourth-order valence-corrected chi connectivity index (χ4v) is 6.40. The Balaban J connectivity index is 1.23. The van der Waals surface area contributed by atoms with Gasteiger partial charge in [-0.25, -0.2) is 14.8 Å². The summed E-state index contributed by atoms with van der Waals surface area (Å²) in [5.74, 6) is 2.78. The minimum absolute atomic E-state index is 0.00279. The highest BCUT2D eigenvalue weighted by molar-refractivity contribution is 5.77.